The van der Waals surface area contributed by atoms with Crippen molar-refractivity contribution < 1.29 is 18.7 Å². The van der Waals surface area contributed by atoms with Gasteiger partial charge in [0.2, 0.25) is 0 Å². The maximum atomic E-state index is 14.2. The second-order valence-electron chi connectivity index (χ2n) is 6.66. The molecule has 0 aromatic heterocycles. The van der Waals surface area contributed by atoms with Gasteiger partial charge in [0.1, 0.15) is 5.82 Å². The standard InChI is InChI=1S/C21H21FN4O3/c1-28-18-6-3-12(9-19(18)29-2)14-10-13(22)4-5-16(14)26-17-7-8-24-20(27)15(17)11-25-21(26)23/h3-6,9-11,21H,7-8,23H2,1-2H3,(H,24,27)/t21-/m0/s1. The monoisotopic (exact) mass is 396 g/mol. The summed E-state index contributed by atoms with van der Waals surface area (Å²) in [6, 6.07) is 9.81. The number of halogens is 1. The summed E-state index contributed by atoms with van der Waals surface area (Å²) in [5, 5.41) is 2.81. The number of nitrogens with zero attached hydrogens (tertiary/aromatic N) is 2. The maximum absolute atomic E-state index is 14.2. The third kappa shape index (κ3) is 3.31. The van der Waals surface area contributed by atoms with Crippen LogP contribution in [0.4, 0.5) is 10.1 Å². The molecule has 0 radical (unpaired) electrons. The molecular weight excluding hydrogens is 375 g/mol. The zero-order valence-electron chi connectivity index (χ0n) is 16.1. The van der Waals surface area contributed by atoms with E-state index in [9.17, 15) is 9.18 Å². The van der Waals surface area contributed by atoms with Crippen molar-refractivity contribution in [2.24, 2.45) is 10.7 Å². The highest BCUT2D eigenvalue weighted by molar-refractivity contribution is 6.14. The average Bonchev–Trinajstić information content (AvgIpc) is 2.73. The average molecular weight is 396 g/mol. The molecule has 2 heterocycles. The van der Waals surface area contributed by atoms with Crippen molar-refractivity contribution in [2.75, 3.05) is 25.7 Å². The van der Waals surface area contributed by atoms with Gasteiger partial charge in [-0.05, 0) is 35.9 Å². The molecule has 2 aliphatic rings. The van der Waals surface area contributed by atoms with Crippen LogP contribution in [0.15, 0.2) is 52.7 Å². The van der Waals surface area contributed by atoms with Crippen molar-refractivity contribution in [3.8, 4) is 22.6 Å². The fourth-order valence-electron chi connectivity index (χ4n) is 3.66. The molecule has 2 aromatic carbocycles. The van der Waals surface area contributed by atoms with Gasteiger partial charge in [0, 0.05) is 30.4 Å². The maximum Gasteiger partial charge on any atom is 0.254 e. The molecule has 0 saturated heterocycles. The number of aliphatic imine (C=N–C) groups is 1. The summed E-state index contributed by atoms with van der Waals surface area (Å²) in [6.45, 7) is 0.502. The lowest BCUT2D eigenvalue weighted by Crippen LogP contribution is -2.48. The Morgan fingerprint density at radius 1 is 1.17 bits per heavy atom. The SMILES string of the molecule is COc1ccc(-c2cc(F)ccc2N2C3=C(C=N[C@@H]2N)C(=O)NCC3)cc1OC. The van der Waals surface area contributed by atoms with Gasteiger partial charge in [-0.3, -0.25) is 15.5 Å². The van der Waals surface area contributed by atoms with Gasteiger partial charge in [-0.2, -0.15) is 0 Å². The predicted molar refractivity (Wildman–Crippen MR) is 109 cm³/mol. The zero-order valence-corrected chi connectivity index (χ0v) is 16.1. The lowest BCUT2D eigenvalue weighted by atomic mass is 9.99. The predicted octanol–water partition coefficient (Wildman–Crippen LogP) is 2.42. The van der Waals surface area contributed by atoms with Crippen LogP contribution in [0.5, 0.6) is 11.5 Å². The second-order valence-corrected chi connectivity index (χ2v) is 6.66. The van der Waals surface area contributed by atoms with Gasteiger partial charge in [0.05, 0.1) is 25.5 Å². The first-order valence-corrected chi connectivity index (χ1v) is 9.14. The first-order valence-electron chi connectivity index (χ1n) is 9.14. The fraction of sp³-hybridized carbons (Fsp3) is 0.238. The van der Waals surface area contributed by atoms with Crippen LogP contribution in [0, 0.1) is 5.82 Å². The molecule has 0 unspecified atom stereocenters. The van der Waals surface area contributed by atoms with E-state index in [-0.39, 0.29) is 11.7 Å². The number of amides is 1. The van der Waals surface area contributed by atoms with Crippen molar-refractivity contribution in [2.45, 2.75) is 12.7 Å². The molecule has 2 aromatic rings. The summed E-state index contributed by atoms with van der Waals surface area (Å²) in [6.07, 6.45) is 1.39. The second kappa shape index (κ2) is 7.56. The number of hydrogen-bond acceptors (Lipinski definition) is 6. The summed E-state index contributed by atoms with van der Waals surface area (Å²) in [7, 11) is 3.10. The van der Waals surface area contributed by atoms with Crippen molar-refractivity contribution >= 4 is 17.8 Å². The Bertz CT molecular complexity index is 1030. The number of carbonyl (C=O) groups excluding carboxylic acids is 1. The van der Waals surface area contributed by atoms with E-state index in [1.165, 1.54) is 18.3 Å². The zero-order chi connectivity index (χ0) is 20.5. The minimum Gasteiger partial charge on any atom is -0.493 e. The summed E-state index contributed by atoms with van der Waals surface area (Å²) < 4.78 is 24.9. The molecule has 150 valence electrons. The quantitative estimate of drug-likeness (QED) is 0.829. The molecule has 3 N–H and O–H groups in total. The van der Waals surface area contributed by atoms with Gasteiger partial charge in [-0.25, -0.2) is 4.39 Å². The number of nitrogens with two attached hydrogens (primary N) is 1. The van der Waals surface area contributed by atoms with Gasteiger partial charge >= 0.3 is 0 Å². The van der Waals surface area contributed by atoms with Crippen molar-refractivity contribution in [3.63, 3.8) is 0 Å². The molecule has 0 saturated carbocycles. The Labute approximate surface area is 167 Å². The van der Waals surface area contributed by atoms with Crippen molar-refractivity contribution in [1.82, 2.24) is 5.32 Å². The van der Waals surface area contributed by atoms with Crippen LogP contribution in [-0.4, -0.2) is 39.2 Å². The third-order valence-electron chi connectivity index (χ3n) is 5.03. The molecule has 7 nitrogen and oxygen atoms in total. The molecular formula is C21H21FN4O3. The van der Waals surface area contributed by atoms with E-state index in [1.54, 1.807) is 37.3 Å². The number of anilines is 1. The largest absolute Gasteiger partial charge is 0.493 e. The Hall–Kier alpha value is -3.39. The number of benzene rings is 2. The molecule has 2 aliphatic heterocycles. The molecule has 0 aliphatic carbocycles. The smallest absolute Gasteiger partial charge is 0.254 e. The number of methoxy groups -OCH3 is 2. The van der Waals surface area contributed by atoms with Crippen LogP contribution in [0.1, 0.15) is 6.42 Å². The van der Waals surface area contributed by atoms with Gasteiger partial charge < -0.3 is 19.7 Å². The van der Waals surface area contributed by atoms with E-state index >= 15 is 0 Å². The summed E-state index contributed by atoms with van der Waals surface area (Å²) in [5.41, 5.74) is 9.50. The lowest BCUT2D eigenvalue weighted by Gasteiger charge is -2.37. The Balaban J connectivity index is 1.88. The highest BCUT2D eigenvalue weighted by Gasteiger charge is 2.31. The van der Waals surface area contributed by atoms with Crippen LogP contribution >= 0.6 is 0 Å². The van der Waals surface area contributed by atoms with Crippen LogP contribution in [0.25, 0.3) is 11.1 Å². The topological polar surface area (TPSA) is 89.2 Å². The highest BCUT2D eigenvalue weighted by Crippen LogP contribution is 2.40. The normalized spacial score (nSPS) is 18.4. The number of rotatable bonds is 4. The third-order valence-corrected chi connectivity index (χ3v) is 5.03. The molecule has 29 heavy (non-hydrogen) atoms. The Morgan fingerprint density at radius 2 is 1.97 bits per heavy atom. The lowest BCUT2D eigenvalue weighted by molar-refractivity contribution is -0.117. The first-order chi connectivity index (χ1) is 14.0. The molecule has 8 heteroatoms. The van der Waals surface area contributed by atoms with Crippen LogP contribution in [-0.2, 0) is 4.79 Å². The van der Waals surface area contributed by atoms with Gasteiger partial charge in [0.15, 0.2) is 17.8 Å². The molecule has 1 atom stereocenters. The molecule has 0 bridgehead atoms. The summed E-state index contributed by atoms with van der Waals surface area (Å²) >= 11 is 0. The molecule has 0 spiro atoms. The first kappa shape index (κ1) is 18.9. The highest BCUT2D eigenvalue weighted by atomic mass is 19.1. The van der Waals surface area contributed by atoms with E-state index in [2.05, 4.69) is 10.3 Å². The van der Waals surface area contributed by atoms with Crippen LogP contribution < -0.4 is 25.4 Å². The number of ether oxygens (including phenoxy) is 2. The number of nitrogens with one attached hydrogen (secondary N) is 1. The van der Waals surface area contributed by atoms with Crippen molar-refractivity contribution in [3.05, 3.63) is 53.5 Å². The molecule has 4 rings (SSSR count). The van der Waals surface area contributed by atoms with Crippen LogP contribution in [0.3, 0.4) is 0 Å². The van der Waals surface area contributed by atoms with E-state index in [1.807, 2.05) is 6.07 Å². The number of carbonyl (C=O) groups is 1. The molecule has 1 amide bonds. The minimum absolute atomic E-state index is 0.193. The summed E-state index contributed by atoms with van der Waals surface area (Å²) in [5.74, 6) is 0.519. The van der Waals surface area contributed by atoms with Crippen molar-refractivity contribution in [1.29, 1.82) is 0 Å². The van der Waals surface area contributed by atoms with E-state index in [0.717, 1.165) is 11.3 Å². The summed E-state index contributed by atoms with van der Waals surface area (Å²) in [4.78, 5) is 18.3. The van der Waals surface area contributed by atoms with E-state index in [4.69, 9.17) is 15.2 Å². The van der Waals surface area contributed by atoms with Crippen LogP contribution in [0.2, 0.25) is 0 Å². The van der Waals surface area contributed by atoms with Gasteiger partial charge in [-0.15, -0.1) is 0 Å². The van der Waals surface area contributed by atoms with E-state index in [0.29, 0.717) is 41.3 Å². The fourth-order valence-corrected chi connectivity index (χ4v) is 3.66. The molecule has 0 fully saturated rings. The minimum atomic E-state index is -0.719. The Kier molecular flexibility index (Phi) is 4.94. The number of hydrogen-bond donors (Lipinski definition) is 2. The Morgan fingerprint density at radius 3 is 2.72 bits per heavy atom. The van der Waals surface area contributed by atoms with E-state index < -0.39 is 6.29 Å². The van der Waals surface area contributed by atoms with Gasteiger partial charge in [0.25, 0.3) is 5.91 Å². The van der Waals surface area contributed by atoms with Gasteiger partial charge in [-0.1, -0.05) is 6.07 Å².